The summed E-state index contributed by atoms with van der Waals surface area (Å²) in [7, 11) is -3.18. The maximum atomic E-state index is 12.4. The Kier molecular flexibility index (Phi) is 3.40. The highest BCUT2D eigenvalue weighted by Gasteiger charge is 2.48. The Labute approximate surface area is 152 Å². The summed E-state index contributed by atoms with van der Waals surface area (Å²) >= 11 is 0. The summed E-state index contributed by atoms with van der Waals surface area (Å²) in [6, 6.07) is -0.0408. The van der Waals surface area contributed by atoms with Crippen molar-refractivity contribution in [1.82, 2.24) is 24.3 Å². The van der Waals surface area contributed by atoms with Gasteiger partial charge in [-0.15, -0.1) is 10.2 Å². The normalized spacial score (nSPS) is 31.3. The summed E-state index contributed by atoms with van der Waals surface area (Å²) in [6.45, 7) is 5.25. The maximum absolute atomic E-state index is 12.4. The molecule has 2 aromatic rings. The van der Waals surface area contributed by atoms with E-state index in [4.69, 9.17) is 0 Å². The molecule has 0 amide bonds. The van der Waals surface area contributed by atoms with Crippen molar-refractivity contribution in [2.45, 2.75) is 62.7 Å². The van der Waals surface area contributed by atoms with Gasteiger partial charge < -0.3 is 5.32 Å². The highest BCUT2D eigenvalue weighted by molar-refractivity contribution is 7.90. The van der Waals surface area contributed by atoms with Crippen LogP contribution in [0.5, 0.6) is 0 Å². The Morgan fingerprint density at radius 3 is 2.92 bits per heavy atom. The van der Waals surface area contributed by atoms with Crippen LogP contribution in [0.4, 0.5) is 5.82 Å². The van der Waals surface area contributed by atoms with Crippen LogP contribution in [0.3, 0.4) is 0 Å². The lowest BCUT2D eigenvalue weighted by atomic mass is 9.80. The van der Waals surface area contributed by atoms with Crippen LogP contribution >= 0.6 is 0 Å². The Morgan fingerprint density at radius 2 is 2.15 bits per heavy atom. The zero-order chi connectivity index (χ0) is 18.1. The highest BCUT2D eigenvalue weighted by atomic mass is 32.2. The lowest BCUT2D eigenvalue weighted by Crippen LogP contribution is -2.36. The molecule has 2 fully saturated rings. The van der Waals surface area contributed by atoms with Crippen molar-refractivity contribution in [3.05, 3.63) is 17.7 Å². The van der Waals surface area contributed by atoms with E-state index in [-0.39, 0.29) is 16.7 Å². The van der Waals surface area contributed by atoms with Gasteiger partial charge in [0.25, 0.3) is 0 Å². The minimum Gasteiger partial charge on any atom is -0.368 e. The van der Waals surface area contributed by atoms with E-state index in [1.807, 2.05) is 0 Å². The van der Waals surface area contributed by atoms with Gasteiger partial charge in [-0.2, -0.15) is 0 Å². The summed E-state index contributed by atoms with van der Waals surface area (Å²) in [4.78, 5) is 4.43. The smallest absolute Gasteiger partial charge is 0.214 e. The van der Waals surface area contributed by atoms with E-state index in [2.05, 4.69) is 43.5 Å². The van der Waals surface area contributed by atoms with Gasteiger partial charge in [-0.1, -0.05) is 13.8 Å². The molecule has 0 spiro atoms. The molecule has 0 radical (unpaired) electrons. The minimum atomic E-state index is -3.18. The van der Waals surface area contributed by atoms with Gasteiger partial charge in [-0.25, -0.2) is 18.1 Å². The minimum absolute atomic E-state index is 0.0408. The summed E-state index contributed by atoms with van der Waals surface area (Å²) < 4.78 is 29.8. The van der Waals surface area contributed by atoms with Crippen LogP contribution in [0.25, 0.3) is 5.65 Å². The van der Waals surface area contributed by atoms with Crippen molar-refractivity contribution in [3.8, 4) is 0 Å². The zero-order valence-electron chi connectivity index (χ0n) is 15.1. The molecule has 8 nitrogen and oxygen atoms in total. The number of hydrogen-bond acceptors (Lipinski definition) is 6. The van der Waals surface area contributed by atoms with Gasteiger partial charge in [0.05, 0.1) is 17.1 Å². The first-order valence-corrected chi connectivity index (χ1v) is 10.9. The molecular weight excluding hydrogens is 352 g/mol. The second-order valence-electron chi connectivity index (χ2n) is 8.26. The van der Waals surface area contributed by atoms with Crippen molar-refractivity contribution in [2.75, 3.05) is 11.9 Å². The molecule has 2 N–H and O–H groups in total. The van der Waals surface area contributed by atoms with Gasteiger partial charge >= 0.3 is 0 Å². The van der Waals surface area contributed by atoms with E-state index < -0.39 is 10.0 Å². The van der Waals surface area contributed by atoms with Crippen LogP contribution in [0.2, 0.25) is 0 Å². The fourth-order valence-electron chi connectivity index (χ4n) is 4.59. The first-order chi connectivity index (χ1) is 12.4. The topological polar surface area (TPSA) is 101 Å². The summed E-state index contributed by atoms with van der Waals surface area (Å²) in [6.07, 6.45) is 5.79. The van der Waals surface area contributed by atoms with Gasteiger partial charge in [-0.3, -0.25) is 4.40 Å². The fourth-order valence-corrected chi connectivity index (χ4v) is 6.18. The molecule has 1 unspecified atom stereocenters. The predicted octanol–water partition coefficient (Wildman–Crippen LogP) is 1.23. The van der Waals surface area contributed by atoms with E-state index >= 15 is 0 Å². The number of nitrogens with one attached hydrogen (secondary N) is 2. The molecular formula is C17H24N6O2S. The molecule has 0 bridgehead atoms. The number of anilines is 1. The Balaban J connectivity index is 1.51. The van der Waals surface area contributed by atoms with Crippen molar-refractivity contribution >= 4 is 21.5 Å². The molecule has 3 atom stereocenters. The first kappa shape index (κ1) is 16.4. The third kappa shape index (κ3) is 2.36. The van der Waals surface area contributed by atoms with E-state index in [1.165, 1.54) is 0 Å². The number of nitrogens with zero attached hydrogens (tertiary/aromatic N) is 4. The van der Waals surface area contributed by atoms with Crippen molar-refractivity contribution in [3.63, 3.8) is 0 Å². The van der Waals surface area contributed by atoms with Crippen LogP contribution in [0, 0.1) is 5.92 Å². The van der Waals surface area contributed by atoms with Crippen molar-refractivity contribution in [2.24, 2.45) is 5.92 Å². The van der Waals surface area contributed by atoms with E-state index in [0.717, 1.165) is 61.6 Å². The molecule has 9 heteroatoms. The Morgan fingerprint density at radius 1 is 1.35 bits per heavy atom. The Bertz CT molecular complexity index is 983. The number of fused-ring (bicyclic) bond motifs is 3. The lowest BCUT2D eigenvalue weighted by molar-refractivity contribution is 0.345. The third-order valence-electron chi connectivity index (χ3n) is 6.40. The number of aromatic nitrogens is 4. The zero-order valence-corrected chi connectivity index (χ0v) is 15.9. The van der Waals surface area contributed by atoms with Crippen LogP contribution in [0.1, 0.15) is 51.0 Å². The first-order valence-electron chi connectivity index (χ1n) is 9.37. The van der Waals surface area contributed by atoms with Crippen molar-refractivity contribution in [1.29, 1.82) is 0 Å². The van der Waals surface area contributed by atoms with Gasteiger partial charge in [0.2, 0.25) is 10.0 Å². The van der Waals surface area contributed by atoms with Gasteiger partial charge in [0, 0.05) is 24.4 Å². The second-order valence-corrected chi connectivity index (χ2v) is 10.3. The molecule has 3 heterocycles. The highest BCUT2D eigenvalue weighted by Crippen LogP contribution is 2.45. The van der Waals surface area contributed by atoms with Crippen molar-refractivity contribution < 1.29 is 8.42 Å². The van der Waals surface area contributed by atoms with Crippen LogP contribution in [0.15, 0.2) is 6.20 Å². The molecule has 2 aromatic heterocycles. The van der Waals surface area contributed by atoms with Crippen LogP contribution in [-0.2, 0) is 21.9 Å². The second kappa shape index (κ2) is 5.39. The van der Waals surface area contributed by atoms with Crippen LogP contribution < -0.4 is 10.0 Å². The quantitative estimate of drug-likeness (QED) is 0.832. The number of hydrogen-bond donors (Lipinski definition) is 2. The monoisotopic (exact) mass is 376 g/mol. The lowest BCUT2D eigenvalue weighted by Gasteiger charge is -2.27. The standard InChI is InChI=1S/C17H24N6O2S/c1-10-7-11(22-26(24,25)12-3-4-12)8-17(10,2)16-21-20-14-9-19-15-13(23(14)16)5-6-18-15/h9-12,18,22H,3-8H2,1-2H3/t10?,11-,17+/m1/s1. The summed E-state index contributed by atoms with van der Waals surface area (Å²) in [5.74, 6) is 2.13. The maximum Gasteiger partial charge on any atom is 0.214 e. The molecule has 0 saturated heterocycles. The molecule has 3 aliphatic rings. The number of sulfonamides is 1. The molecule has 2 saturated carbocycles. The predicted molar refractivity (Wildman–Crippen MR) is 97.6 cm³/mol. The van der Waals surface area contributed by atoms with Gasteiger partial charge in [0.1, 0.15) is 11.6 Å². The van der Waals surface area contributed by atoms with Crippen LogP contribution in [-0.4, -0.2) is 45.8 Å². The van der Waals surface area contributed by atoms with Gasteiger partial charge in [-0.05, 0) is 31.6 Å². The average molecular weight is 376 g/mol. The largest absolute Gasteiger partial charge is 0.368 e. The summed E-state index contributed by atoms with van der Waals surface area (Å²) in [5.41, 5.74) is 1.66. The number of rotatable bonds is 4. The molecule has 5 rings (SSSR count). The van der Waals surface area contributed by atoms with E-state index in [0.29, 0.717) is 5.92 Å². The molecule has 140 valence electrons. The average Bonchev–Trinajstić information content (AvgIpc) is 3.08. The molecule has 1 aliphatic heterocycles. The SMILES string of the molecule is CC1C[C@@H](NS(=O)(=O)C2CC2)C[C@]1(C)c1nnc2cnc3c(n12)CCN3. The van der Waals surface area contributed by atoms with E-state index in [1.54, 1.807) is 6.20 Å². The molecule has 0 aromatic carbocycles. The van der Waals surface area contributed by atoms with E-state index in [9.17, 15) is 8.42 Å². The van der Waals surface area contributed by atoms with Gasteiger partial charge in [0.15, 0.2) is 5.65 Å². The Hall–Kier alpha value is -1.74. The molecule has 2 aliphatic carbocycles. The fraction of sp³-hybridized carbons (Fsp3) is 0.706. The third-order valence-corrected chi connectivity index (χ3v) is 8.41. The molecule has 26 heavy (non-hydrogen) atoms. The summed E-state index contributed by atoms with van der Waals surface area (Å²) in [5, 5.41) is 12.0.